The van der Waals surface area contributed by atoms with Crippen molar-refractivity contribution < 1.29 is 14.4 Å². The first-order chi connectivity index (χ1) is 17.8. The summed E-state index contributed by atoms with van der Waals surface area (Å²) in [6.45, 7) is 5.80. The van der Waals surface area contributed by atoms with Crippen LogP contribution in [0.2, 0.25) is 0 Å². The van der Waals surface area contributed by atoms with E-state index in [2.05, 4.69) is 10.4 Å². The summed E-state index contributed by atoms with van der Waals surface area (Å²) in [4.78, 5) is 43.4. The lowest BCUT2D eigenvalue weighted by Gasteiger charge is -2.32. The highest BCUT2D eigenvalue weighted by molar-refractivity contribution is 5.97. The van der Waals surface area contributed by atoms with E-state index in [9.17, 15) is 14.4 Å². The van der Waals surface area contributed by atoms with Crippen molar-refractivity contribution in [1.29, 1.82) is 0 Å². The molecule has 2 aliphatic rings. The van der Waals surface area contributed by atoms with Gasteiger partial charge < -0.3 is 15.1 Å². The molecule has 37 heavy (non-hydrogen) atoms. The monoisotopic (exact) mass is 499 g/mol. The molecule has 1 saturated heterocycles. The molecule has 3 heterocycles. The van der Waals surface area contributed by atoms with Crippen molar-refractivity contribution in [3.05, 3.63) is 82.2 Å². The fourth-order valence-electron chi connectivity index (χ4n) is 5.37. The predicted molar refractivity (Wildman–Crippen MR) is 141 cm³/mol. The SMILES string of the molecule is Cc1cccc(C(=O)N2CCc3c(c(C(=O)N4CCC[C@H](C(=O)Nc5ccccc5C)C4)nn3C)C2)c1. The lowest BCUT2D eigenvalue weighted by atomic mass is 9.96. The van der Waals surface area contributed by atoms with E-state index in [0.717, 1.165) is 40.9 Å². The molecule has 0 aliphatic carbocycles. The summed E-state index contributed by atoms with van der Waals surface area (Å²) in [6, 6.07) is 15.3. The van der Waals surface area contributed by atoms with Gasteiger partial charge in [-0.05, 0) is 50.5 Å². The lowest BCUT2D eigenvalue weighted by Crippen LogP contribution is -2.44. The standard InChI is InChI=1S/C29H33N5O3/c1-19-8-6-10-21(16-19)28(36)34-15-13-25-23(18-34)26(31-32(25)3)29(37)33-14-7-11-22(17-33)27(35)30-24-12-5-4-9-20(24)2/h4-6,8-10,12,16,22H,7,11,13-15,17-18H2,1-3H3,(H,30,35)/t22-/m0/s1. The van der Waals surface area contributed by atoms with Gasteiger partial charge in [0.05, 0.1) is 12.5 Å². The second-order valence-corrected chi connectivity index (χ2v) is 10.1. The quantitative estimate of drug-likeness (QED) is 0.593. The number of rotatable bonds is 4. The van der Waals surface area contributed by atoms with Crippen molar-refractivity contribution in [3.8, 4) is 0 Å². The van der Waals surface area contributed by atoms with Crippen LogP contribution in [0.3, 0.4) is 0 Å². The molecule has 192 valence electrons. The summed E-state index contributed by atoms with van der Waals surface area (Å²) in [5, 5.41) is 7.61. The Hall–Kier alpha value is -3.94. The van der Waals surface area contributed by atoms with E-state index in [-0.39, 0.29) is 23.6 Å². The average Bonchev–Trinajstić information content (AvgIpc) is 3.24. The third kappa shape index (κ3) is 5.01. The number of aromatic nitrogens is 2. The Balaban J connectivity index is 1.32. The maximum Gasteiger partial charge on any atom is 0.274 e. The third-order valence-electron chi connectivity index (χ3n) is 7.48. The van der Waals surface area contributed by atoms with Gasteiger partial charge >= 0.3 is 0 Å². The van der Waals surface area contributed by atoms with E-state index in [1.165, 1.54) is 0 Å². The minimum atomic E-state index is -0.281. The van der Waals surface area contributed by atoms with Crippen molar-refractivity contribution >= 4 is 23.4 Å². The molecule has 3 aromatic rings. The predicted octanol–water partition coefficient (Wildman–Crippen LogP) is 3.73. The van der Waals surface area contributed by atoms with E-state index in [1.54, 1.807) is 14.5 Å². The second-order valence-electron chi connectivity index (χ2n) is 10.1. The van der Waals surface area contributed by atoms with Crippen LogP contribution in [0.15, 0.2) is 48.5 Å². The van der Waals surface area contributed by atoms with Crippen LogP contribution in [-0.4, -0.2) is 56.9 Å². The van der Waals surface area contributed by atoms with Crippen molar-refractivity contribution in [2.45, 2.75) is 39.7 Å². The molecule has 0 spiro atoms. The molecule has 0 saturated carbocycles. The van der Waals surface area contributed by atoms with E-state index in [0.29, 0.717) is 43.9 Å². The normalized spacial score (nSPS) is 17.3. The number of aryl methyl sites for hydroxylation is 3. The minimum Gasteiger partial charge on any atom is -0.336 e. The van der Waals surface area contributed by atoms with E-state index >= 15 is 0 Å². The van der Waals surface area contributed by atoms with Gasteiger partial charge in [-0.1, -0.05) is 35.9 Å². The smallest absolute Gasteiger partial charge is 0.274 e. The second kappa shape index (κ2) is 10.2. The van der Waals surface area contributed by atoms with Crippen molar-refractivity contribution in [1.82, 2.24) is 19.6 Å². The van der Waals surface area contributed by atoms with Gasteiger partial charge in [-0.25, -0.2) is 0 Å². The summed E-state index contributed by atoms with van der Waals surface area (Å²) < 4.78 is 1.77. The van der Waals surface area contributed by atoms with Crippen LogP contribution >= 0.6 is 0 Å². The number of piperidine rings is 1. The van der Waals surface area contributed by atoms with Gasteiger partial charge in [0, 0.05) is 55.6 Å². The summed E-state index contributed by atoms with van der Waals surface area (Å²) in [5.41, 5.74) is 5.68. The summed E-state index contributed by atoms with van der Waals surface area (Å²) in [6.07, 6.45) is 2.14. The largest absolute Gasteiger partial charge is 0.336 e. The van der Waals surface area contributed by atoms with Gasteiger partial charge in [-0.3, -0.25) is 19.1 Å². The molecule has 8 heteroatoms. The van der Waals surface area contributed by atoms with Crippen LogP contribution in [0, 0.1) is 19.8 Å². The molecule has 0 radical (unpaired) electrons. The van der Waals surface area contributed by atoms with Gasteiger partial charge in [-0.2, -0.15) is 5.10 Å². The molecular weight excluding hydrogens is 466 g/mol. The number of likely N-dealkylation sites (tertiary alicyclic amines) is 1. The van der Waals surface area contributed by atoms with Gasteiger partial charge in [0.1, 0.15) is 0 Å². The first kappa shape index (κ1) is 24.7. The van der Waals surface area contributed by atoms with Crippen LogP contribution in [-0.2, 0) is 24.8 Å². The van der Waals surface area contributed by atoms with Crippen LogP contribution < -0.4 is 5.32 Å². The summed E-state index contributed by atoms with van der Waals surface area (Å²) in [7, 11) is 1.85. The van der Waals surface area contributed by atoms with E-state index in [1.807, 2.05) is 69.4 Å². The average molecular weight is 500 g/mol. The molecule has 2 aromatic carbocycles. The van der Waals surface area contributed by atoms with Crippen LogP contribution in [0.25, 0.3) is 0 Å². The Labute approximate surface area is 217 Å². The van der Waals surface area contributed by atoms with Gasteiger partial charge in [0.15, 0.2) is 5.69 Å². The Morgan fingerprint density at radius 3 is 2.57 bits per heavy atom. The van der Waals surface area contributed by atoms with Gasteiger partial charge in [0.2, 0.25) is 5.91 Å². The van der Waals surface area contributed by atoms with Crippen LogP contribution in [0.1, 0.15) is 56.1 Å². The number of hydrogen-bond acceptors (Lipinski definition) is 4. The highest BCUT2D eigenvalue weighted by Gasteiger charge is 2.34. The zero-order valence-corrected chi connectivity index (χ0v) is 21.7. The number of hydrogen-bond donors (Lipinski definition) is 1. The topological polar surface area (TPSA) is 87.5 Å². The zero-order chi connectivity index (χ0) is 26.1. The minimum absolute atomic E-state index is 0.0393. The molecule has 0 unspecified atom stereocenters. The first-order valence-corrected chi connectivity index (χ1v) is 12.9. The number of carbonyl (C=O) groups excluding carboxylic acids is 3. The number of anilines is 1. The molecule has 5 rings (SSSR count). The molecule has 8 nitrogen and oxygen atoms in total. The molecular formula is C29H33N5O3. The molecule has 0 bridgehead atoms. The van der Waals surface area contributed by atoms with Crippen molar-refractivity contribution in [3.63, 3.8) is 0 Å². The van der Waals surface area contributed by atoms with Crippen LogP contribution in [0.5, 0.6) is 0 Å². The number of carbonyl (C=O) groups is 3. The van der Waals surface area contributed by atoms with E-state index in [4.69, 9.17) is 0 Å². The Bertz CT molecular complexity index is 1360. The number of benzene rings is 2. The lowest BCUT2D eigenvalue weighted by molar-refractivity contribution is -0.121. The molecule has 1 aromatic heterocycles. The van der Waals surface area contributed by atoms with Crippen LogP contribution in [0.4, 0.5) is 5.69 Å². The summed E-state index contributed by atoms with van der Waals surface area (Å²) >= 11 is 0. The Morgan fingerprint density at radius 1 is 0.973 bits per heavy atom. The Morgan fingerprint density at radius 2 is 1.78 bits per heavy atom. The maximum absolute atomic E-state index is 13.7. The Kier molecular flexibility index (Phi) is 6.82. The molecule has 1 N–H and O–H groups in total. The van der Waals surface area contributed by atoms with Crippen molar-refractivity contribution in [2.24, 2.45) is 13.0 Å². The van der Waals surface area contributed by atoms with Gasteiger partial charge in [0.25, 0.3) is 11.8 Å². The highest BCUT2D eigenvalue weighted by atomic mass is 16.2. The fraction of sp³-hybridized carbons (Fsp3) is 0.379. The fourth-order valence-corrected chi connectivity index (χ4v) is 5.37. The number of nitrogens with one attached hydrogen (secondary N) is 1. The van der Waals surface area contributed by atoms with Gasteiger partial charge in [-0.15, -0.1) is 0 Å². The number of fused-ring (bicyclic) bond motifs is 1. The maximum atomic E-state index is 13.7. The molecule has 2 aliphatic heterocycles. The third-order valence-corrected chi connectivity index (χ3v) is 7.48. The zero-order valence-electron chi connectivity index (χ0n) is 21.7. The number of amides is 3. The number of nitrogens with zero attached hydrogens (tertiary/aromatic N) is 4. The van der Waals surface area contributed by atoms with Crippen molar-refractivity contribution in [2.75, 3.05) is 25.0 Å². The molecule has 1 atom stereocenters. The molecule has 1 fully saturated rings. The van der Waals surface area contributed by atoms with E-state index < -0.39 is 0 Å². The molecule has 3 amide bonds. The first-order valence-electron chi connectivity index (χ1n) is 12.9. The highest BCUT2D eigenvalue weighted by Crippen LogP contribution is 2.27. The number of para-hydroxylation sites is 1. The summed E-state index contributed by atoms with van der Waals surface area (Å²) in [5.74, 6) is -0.557.